The Bertz CT molecular complexity index is 1600. The number of likely N-dealkylation sites (tertiary alicyclic amines) is 1. The molecule has 0 radical (unpaired) electrons. The van der Waals surface area contributed by atoms with Gasteiger partial charge < -0.3 is 29.7 Å². The van der Waals surface area contributed by atoms with Crippen LogP contribution in [0.15, 0.2) is 73.8 Å². The summed E-state index contributed by atoms with van der Waals surface area (Å²) in [6, 6.07) is 12.9. The summed E-state index contributed by atoms with van der Waals surface area (Å²) in [5.74, 6) is -3.57. The van der Waals surface area contributed by atoms with E-state index in [0.29, 0.717) is 48.4 Å². The highest BCUT2D eigenvalue weighted by Gasteiger charge is 2.77. The minimum Gasteiger partial charge on any atom is -0.455 e. The Morgan fingerprint density at radius 3 is 2.57 bits per heavy atom. The molecule has 1 spiro atoms. The number of aliphatic hydroxyl groups is 1. The van der Waals surface area contributed by atoms with Crippen molar-refractivity contribution in [3.05, 3.63) is 90.0 Å². The first-order valence-corrected chi connectivity index (χ1v) is 18.9. The van der Waals surface area contributed by atoms with Gasteiger partial charge in [0.05, 0.1) is 34.7 Å². The molecule has 8 atom stereocenters. The molecule has 3 aliphatic heterocycles. The van der Waals surface area contributed by atoms with Crippen LogP contribution >= 0.6 is 27.5 Å². The lowest BCUT2D eigenvalue weighted by molar-refractivity contribution is -0.162. The topological polar surface area (TPSA) is 125 Å². The lowest BCUT2D eigenvalue weighted by Gasteiger charge is -2.37. The summed E-state index contributed by atoms with van der Waals surface area (Å²) in [7, 11) is 0. The van der Waals surface area contributed by atoms with Crippen molar-refractivity contribution in [2.45, 2.75) is 87.1 Å². The van der Waals surface area contributed by atoms with Crippen LogP contribution in [0, 0.1) is 18.8 Å². The second kappa shape index (κ2) is 16.9. The molecule has 51 heavy (non-hydrogen) atoms. The van der Waals surface area contributed by atoms with Gasteiger partial charge in [0.25, 0.3) is 5.91 Å². The van der Waals surface area contributed by atoms with Gasteiger partial charge in [-0.2, -0.15) is 0 Å². The number of hydrogen-bond donors (Lipinski definition) is 2. The predicted molar refractivity (Wildman–Crippen MR) is 199 cm³/mol. The highest BCUT2D eigenvalue weighted by atomic mass is 79.9. The Hall–Kier alpha value is -3.51. The van der Waals surface area contributed by atoms with Crippen molar-refractivity contribution in [3.8, 4) is 0 Å². The van der Waals surface area contributed by atoms with Crippen LogP contribution in [0.25, 0.3) is 0 Å². The molecule has 3 heterocycles. The number of halogens is 2. The minimum atomic E-state index is -1.32. The van der Waals surface area contributed by atoms with Crippen molar-refractivity contribution in [1.82, 2.24) is 10.2 Å². The van der Waals surface area contributed by atoms with E-state index in [9.17, 15) is 24.3 Å². The third kappa shape index (κ3) is 7.68. The van der Waals surface area contributed by atoms with Crippen LogP contribution in [-0.4, -0.2) is 82.0 Å². The van der Waals surface area contributed by atoms with E-state index in [2.05, 4.69) is 34.4 Å². The van der Waals surface area contributed by atoms with E-state index in [-0.39, 0.29) is 48.7 Å². The molecule has 10 nitrogen and oxygen atoms in total. The van der Waals surface area contributed by atoms with Crippen LogP contribution in [0.3, 0.4) is 0 Å². The number of carbonyl (C=O) groups excluding carboxylic acids is 4. The molecule has 5 rings (SSSR count). The molecule has 0 aliphatic carbocycles. The van der Waals surface area contributed by atoms with Gasteiger partial charge >= 0.3 is 5.97 Å². The maximum absolute atomic E-state index is 15.0. The fraction of sp³-hybridized carbons (Fsp3) is 0.487. The monoisotopic (exact) mass is 783 g/mol. The molecule has 2 bridgehead atoms. The molecule has 274 valence electrons. The van der Waals surface area contributed by atoms with Gasteiger partial charge in [0.2, 0.25) is 11.8 Å². The zero-order valence-corrected chi connectivity index (χ0v) is 31.5. The van der Waals surface area contributed by atoms with Crippen molar-refractivity contribution in [2.24, 2.45) is 11.8 Å². The van der Waals surface area contributed by atoms with Crippen LogP contribution in [0.5, 0.6) is 0 Å². The molecule has 3 aliphatic rings. The van der Waals surface area contributed by atoms with Crippen LogP contribution in [-0.2, 0) is 28.7 Å². The van der Waals surface area contributed by atoms with E-state index in [4.69, 9.17) is 21.1 Å². The zero-order valence-electron chi connectivity index (χ0n) is 29.1. The molecule has 0 saturated carbocycles. The Morgan fingerprint density at radius 1 is 1.16 bits per heavy atom. The second-order valence-electron chi connectivity index (χ2n) is 13.6. The van der Waals surface area contributed by atoms with E-state index < -0.39 is 47.7 Å². The Kier molecular flexibility index (Phi) is 12.8. The first kappa shape index (κ1) is 38.7. The highest BCUT2D eigenvalue weighted by molar-refractivity contribution is 9.09. The van der Waals surface area contributed by atoms with Crippen LogP contribution in [0.1, 0.15) is 62.7 Å². The van der Waals surface area contributed by atoms with Crippen molar-refractivity contribution in [2.75, 3.05) is 24.6 Å². The fourth-order valence-electron chi connectivity index (χ4n) is 7.96. The number of fused-ring (bicyclic) bond motifs is 1. The maximum atomic E-state index is 15.0. The third-order valence-corrected chi connectivity index (χ3v) is 11.3. The number of hydrogen-bond acceptors (Lipinski definition) is 7. The number of anilines is 1. The van der Waals surface area contributed by atoms with E-state index in [1.165, 1.54) is 0 Å². The smallest absolute Gasteiger partial charge is 0.313 e. The summed E-state index contributed by atoms with van der Waals surface area (Å²) in [5, 5.41) is 12.7. The van der Waals surface area contributed by atoms with Crippen LogP contribution < -0.4 is 10.2 Å². The summed E-state index contributed by atoms with van der Waals surface area (Å²) >= 11 is 10.4. The number of para-hydroxylation sites is 1. The van der Waals surface area contributed by atoms with Crippen LogP contribution in [0.2, 0.25) is 5.02 Å². The molecule has 12 heteroatoms. The van der Waals surface area contributed by atoms with Gasteiger partial charge in [0.1, 0.15) is 17.7 Å². The van der Waals surface area contributed by atoms with E-state index in [1.54, 1.807) is 34.9 Å². The molecule has 2 aromatic carbocycles. The van der Waals surface area contributed by atoms with Crippen LogP contribution in [0.4, 0.5) is 5.69 Å². The molecule has 2 aromatic rings. The number of rotatable bonds is 17. The van der Waals surface area contributed by atoms with Gasteiger partial charge in [-0.05, 0) is 63.1 Å². The molecule has 2 N–H and O–H groups in total. The van der Waals surface area contributed by atoms with Crippen molar-refractivity contribution < 1.29 is 33.8 Å². The number of aryl methyl sites for hydroxylation is 1. The molecule has 0 aromatic heterocycles. The fourth-order valence-corrected chi connectivity index (χ4v) is 9.23. The van der Waals surface area contributed by atoms with Crippen molar-refractivity contribution in [3.63, 3.8) is 0 Å². The minimum absolute atomic E-state index is 0.0153. The average molecular weight is 785 g/mol. The van der Waals surface area contributed by atoms with Crippen molar-refractivity contribution in [1.29, 1.82) is 0 Å². The van der Waals surface area contributed by atoms with Crippen molar-refractivity contribution >= 4 is 56.9 Å². The normalized spacial score (nSPS) is 25.9. The lowest BCUT2D eigenvalue weighted by Crippen LogP contribution is -2.57. The Labute approximate surface area is 313 Å². The van der Waals surface area contributed by atoms with Gasteiger partial charge in [-0.25, -0.2) is 0 Å². The lowest BCUT2D eigenvalue weighted by atomic mass is 9.70. The SMILES string of the molecule is C=CCCC(=O)N[C@H](C)[C@@H](OC(=O)[C@@H]1[C@H]2O[C@@]3(CC2Br)[C@H](C(=O)N(CC=C)c2c(C)cccc2Cl)N(CCCCCO)C(=O)[C@@H]13)c1ccccc1. The number of unbranched alkanes of at least 4 members (excludes halogenated alkanes) is 2. The number of amides is 3. The average Bonchev–Trinajstić information content (AvgIpc) is 3.70. The molecule has 3 fully saturated rings. The summed E-state index contributed by atoms with van der Waals surface area (Å²) in [6.07, 6.45) is 4.49. The number of esters is 1. The van der Waals surface area contributed by atoms with Gasteiger partial charge in [-0.15, -0.1) is 13.2 Å². The number of aliphatic hydroxyl groups excluding tert-OH is 1. The Balaban J connectivity index is 1.52. The summed E-state index contributed by atoms with van der Waals surface area (Å²) in [6.45, 7) is 11.6. The number of nitrogens with zero attached hydrogens (tertiary/aromatic N) is 2. The van der Waals surface area contributed by atoms with Gasteiger partial charge in [-0.1, -0.05) is 82.1 Å². The van der Waals surface area contributed by atoms with Gasteiger partial charge in [0, 0.05) is 30.9 Å². The summed E-state index contributed by atoms with van der Waals surface area (Å²) in [4.78, 5) is 59.5. The van der Waals surface area contributed by atoms with Gasteiger partial charge in [0.15, 0.2) is 0 Å². The molecular formula is C39H47BrClN3O7. The molecule has 3 saturated heterocycles. The van der Waals surface area contributed by atoms with Gasteiger partial charge in [-0.3, -0.25) is 19.2 Å². The van der Waals surface area contributed by atoms with E-state index in [0.717, 1.165) is 5.56 Å². The second-order valence-corrected chi connectivity index (χ2v) is 15.2. The Morgan fingerprint density at radius 2 is 1.90 bits per heavy atom. The number of benzene rings is 2. The number of nitrogens with one attached hydrogen (secondary N) is 1. The number of carbonyl (C=O) groups is 4. The number of allylic oxidation sites excluding steroid dienone is 1. The zero-order chi connectivity index (χ0) is 36.9. The largest absolute Gasteiger partial charge is 0.455 e. The van der Waals surface area contributed by atoms with E-state index >= 15 is 0 Å². The number of alkyl halides is 1. The number of ether oxygens (including phenoxy) is 2. The summed E-state index contributed by atoms with van der Waals surface area (Å²) in [5.41, 5.74) is 0.655. The quantitative estimate of drug-likeness (QED) is 0.0895. The third-order valence-electron chi connectivity index (χ3n) is 10.2. The predicted octanol–water partition coefficient (Wildman–Crippen LogP) is 5.83. The molecular weight excluding hydrogens is 738 g/mol. The highest BCUT2D eigenvalue weighted by Crippen LogP contribution is 2.60. The first-order chi connectivity index (χ1) is 24.5. The van der Waals surface area contributed by atoms with E-state index in [1.807, 2.05) is 49.4 Å². The maximum Gasteiger partial charge on any atom is 0.313 e. The standard InChI is InChI=1S/C39H47BrClN3O7/c1-5-7-19-29(46)42-25(4)33(26-16-10-8-11-17-26)50-38(49)30-31-36(47)44(21-12-9-13-22-45)35(39(31)23-27(40)34(30)51-39)37(48)43(20-6-2)32-24(3)15-14-18-28(32)41/h5-6,8,10-11,14-18,25,27,30-31,33-35,45H,1-2,7,9,12-13,19-23H2,3-4H3,(H,42,46)/t25-,27?,30+,31-,33-,34+,35+,39-/m1/s1. The molecule has 3 amide bonds. The molecule has 1 unspecified atom stereocenters. The summed E-state index contributed by atoms with van der Waals surface area (Å²) < 4.78 is 13.0. The first-order valence-electron chi connectivity index (χ1n) is 17.6.